The number of halogens is 11. The second-order valence-electron chi connectivity index (χ2n) is 8.36. The van der Waals surface area contributed by atoms with Gasteiger partial charge in [0.15, 0.2) is 0 Å². The Labute approximate surface area is 233 Å². The third-order valence-electron chi connectivity index (χ3n) is 4.99. The molecule has 0 aliphatic heterocycles. The zero-order chi connectivity index (χ0) is 29.1. The van der Waals surface area contributed by atoms with Crippen LogP contribution in [0.4, 0.5) is 39.5 Å². The first-order valence-electron chi connectivity index (χ1n) is 10.7. The van der Waals surface area contributed by atoms with Crippen molar-refractivity contribution < 1.29 is 44.3 Å². The molecule has 0 spiro atoms. The lowest BCUT2D eigenvalue weighted by atomic mass is 9.94. The van der Waals surface area contributed by atoms with Gasteiger partial charge in [-0.1, -0.05) is 12.1 Å². The number of amides is 1. The molecular weight excluding hydrogens is 681 g/mol. The molecule has 2 nitrogen and oxygen atoms in total. The molecule has 2 aromatic rings. The summed E-state index contributed by atoms with van der Waals surface area (Å²) in [5.41, 5.74) is -2.47. The fourth-order valence-corrected chi connectivity index (χ4v) is 4.71. The Morgan fingerprint density at radius 3 is 2.16 bits per heavy atom. The Balaban J connectivity index is 2.38. The van der Waals surface area contributed by atoms with Crippen LogP contribution in [0.5, 0.6) is 0 Å². The van der Waals surface area contributed by atoms with Gasteiger partial charge in [-0.2, -0.15) is 38.1 Å². The van der Waals surface area contributed by atoms with Gasteiger partial charge in [0.25, 0.3) is 11.8 Å². The van der Waals surface area contributed by atoms with E-state index in [0.717, 1.165) is 24.3 Å². The first kappa shape index (κ1) is 32.5. The molecule has 0 bridgehead atoms. The van der Waals surface area contributed by atoms with Gasteiger partial charge in [-0.25, -0.2) is 13.2 Å². The molecular formula is C24H20Br2F9NOS. The van der Waals surface area contributed by atoms with E-state index >= 15 is 4.39 Å². The molecule has 210 valence electrons. The van der Waals surface area contributed by atoms with E-state index in [4.69, 9.17) is 0 Å². The zero-order valence-corrected chi connectivity index (χ0v) is 23.6. The summed E-state index contributed by atoms with van der Waals surface area (Å²) in [6, 6.07) is 5.05. The summed E-state index contributed by atoms with van der Waals surface area (Å²) in [7, 11) is 0. The van der Waals surface area contributed by atoms with Crippen molar-refractivity contribution in [3.8, 4) is 0 Å². The molecule has 0 heterocycles. The summed E-state index contributed by atoms with van der Waals surface area (Å²) < 4.78 is 123. The van der Waals surface area contributed by atoms with E-state index in [1.165, 1.54) is 13.0 Å². The van der Waals surface area contributed by atoms with Crippen molar-refractivity contribution in [2.45, 2.75) is 44.1 Å². The van der Waals surface area contributed by atoms with Gasteiger partial charge in [0.1, 0.15) is 11.7 Å². The lowest BCUT2D eigenvalue weighted by molar-refractivity contribution is -0.139. The van der Waals surface area contributed by atoms with Crippen LogP contribution in [0.25, 0.3) is 5.83 Å². The van der Waals surface area contributed by atoms with Crippen LogP contribution in [-0.2, 0) is 5.92 Å². The highest BCUT2D eigenvalue weighted by Gasteiger charge is 2.40. The number of hydrogen-bond donors (Lipinski definition) is 1. The van der Waals surface area contributed by atoms with Crippen molar-refractivity contribution in [1.29, 1.82) is 0 Å². The second-order valence-corrected chi connectivity index (χ2v) is 11.1. The van der Waals surface area contributed by atoms with E-state index in [0.29, 0.717) is 29.2 Å². The van der Waals surface area contributed by atoms with E-state index in [1.807, 2.05) is 0 Å². The molecule has 1 amide bonds. The summed E-state index contributed by atoms with van der Waals surface area (Å²) in [4.78, 5) is 12.6. The van der Waals surface area contributed by atoms with Crippen LogP contribution in [0, 0.1) is 0 Å². The molecule has 0 radical (unpaired) electrons. The minimum Gasteiger partial charge on any atom is -0.349 e. The van der Waals surface area contributed by atoms with Gasteiger partial charge in [0, 0.05) is 44.4 Å². The van der Waals surface area contributed by atoms with Gasteiger partial charge < -0.3 is 5.32 Å². The van der Waals surface area contributed by atoms with Crippen LogP contribution in [0.3, 0.4) is 0 Å². The number of alkyl halides is 8. The maximum Gasteiger partial charge on any atom is 0.399 e. The van der Waals surface area contributed by atoms with Crippen molar-refractivity contribution in [2.24, 2.45) is 0 Å². The molecule has 14 heteroatoms. The third-order valence-corrected chi connectivity index (χ3v) is 8.14. The number of benzene rings is 2. The number of nitrogens with one attached hydrogen (secondary N) is 1. The molecule has 38 heavy (non-hydrogen) atoms. The average Bonchev–Trinajstić information content (AvgIpc) is 2.76. The van der Waals surface area contributed by atoms with E-state index in [2.05, 4.69) is 37.2 Å². The Morgan fingerprint density at radius 2 is 1.63 bits per heavy atom. The standard InChI is InChI=1S/C24H20Br2F9NOS/c1-12(10-38-11-23(30,31)32)36-21(37)15-5-3-14(7-17(15)22(2,28)29)20(27)9-16(24(33,34)35)13-4-6-18(25)19(26)8-13/h3-9,12,16H,10-11H2,1-2H3,(H,36,37)/b20-9-. The number of allylic oxidation sites excluding steroid dienone is 1. The van der Waals surface area contributed by atoms with Crippen LogP contribution in [0.2, 0.25) is 0 Å². The van der Waals surface area contributed by atoms with Crippen LogP contribution < -0.4 is 5.32 Å². The SMILES string of the molecule is CC(CSCC(F)(F)F)NC(=O)c1ccc(/C(F)=C/C(c2ccc(Br)c(Br)c2)C(F)(F)F)cc1C(C)(F)F. The molecule has 2 atom stereocenters. The van der Waals surface area contributed by atoms with Gasteiger partial charge in [0.05, 0.1) is 5.75 Å². The number of thioether (sulfide) groups is 1. The smallest absolute Gasteiger partial charge is 0.349 e. The largest absolute Gasteiger partial charge is 0.399 e. The molecule has 0 aliphatic carbocycles. The van der Waals surface area contributed by atoms with Crippen molar-refractivity contribution in [1.82, 2.24) is 5.32 Å². The molecule has 1 N–H and O–H groups in total. The summed E-state index contributed by atoms with van der Waals surface area (Å²) in [6.07, 6.45) is -9.08. The highest BCUT2D eigenvalue weighted by molar-refractivity contribution is 9.13. The minimum absolute atomic E-state index is 0.163. The van der Waals surface area contributed by atoms with Crippen molar-refractivity contribution in [3.05, 3.63) is 73.7 Å². The molecule has 2 aromatic carbocycles. The van der Waals surface area contributed by atoms with Gasteiger partial charge in [0.2, 0.25) is 0 Å². The maximum absolute atomic E-state index is 15.0. The van der Waals surface area contributed by atoms with E-state index in [-0.39, 0.29) is 21.9 Å². The fraction of sp³-hybridized carbons (Fsp3) is 0.375. The fourth-order valence-electron chi connectivity index (χ4n) is 3.28. The topological polar surface area (TPSA) is 29.1 Å². The molecule has 0 aromatic heterocycles. The number of hydrogen-bond acceptors (Lipinski definition) is 2. The predicted octanol–water partition coefficient (Wildman–Crippen LogP) is 9.39. The average molecular weight is 701 g/mol. The molecule has 0 saturated carbocycles. The molecule has 0 aliphatic rings. The first-order valence-corrected chi connectivity index (χ1v) is 13.4. The van der Waals surface area contributed by atoms with Crippen molar-refractivity contribution >= 4 is 55.4 Å². The number of carbonyl (C=O) groups excluding carboxylic acids is 1. The van der Waals surface area contributed by atoms with Crippen LogP contribution >= 0.6 is 43.6 Å². The Kier molecular flexibility index (Phi) is 10.8. The van der Waals surface area contributed by atoms with Crippen LogP contribution in [0.1, 0.15) is 46.8 Å². The van der Waals surface area contributed by atoms with Crippen molar-refractivity contribution in [2.75, 3.05) is 11.5 Å². The summed E-state index contributed by atoms with van der Waals surface area (Å²) >= 11 is 6.70. The van der Waals surface area contributed by atoms with Crippen LogP contribution in [-0.4, -0.2) is 35.8 Å². The molecule has 0 fully saturated rings. The maximum atomic E-state index is 15.0. The summed E-state index contributed by atoms with van der Waals surface area (Å²) in [6.45, 7) is 1.80. The monoisotopic (exact) mass is 699 g/mol. The number of carbonyl (C=O) groups is 1. The van der Waals surface area contributed by atoms with E-state index in [9.17, 15) is 39.9 Å². The summed E-state index contributed by atoms with van der Waals surface area (Å²) in [5, 5.41) is 2.30. The Bertz CT molecular complexity index is 1180. The van der Waals surface area contributed by atoms with Crippen molar-refractivity contribution in [3.63, 3.8) is 0 Å². The van der Waals surface area contributed by atoms with Gasteiger partial charge in [-0.3, -0.25) is 4.79 Å². The van der Waals surface area contributed by atoms with Gasteiger partial charge in [-0.15, -0.1) is 0 Å². The second kappa shape index (κ2) is 12.7. The summed E-state index contributed by atoms with van der Waals surface area (Å²) in [5.74, 6) is -9.93. The Hall–Kier alpha value is -1.67. The third kappa shape index (κ3) is 9.51. The number of rotatable bonds is 9. The molecule has 2 rings (SSSR count). The molecule has 2 unspecified atom stereocenters. The normalized spacial score (nSPS) is 14.8. The highest BCUT2D eigenvalue weighted by Crippen LogP contribution is 2.41. The lowest BCUT2D eigenvalue weighted by Crippen LogP contribution is -2.36. The quantitative estimate of drug-likeness (QED) is 0.264. The van der Waals surface area contributed by atoms with Gasteiger partial charge >= 0.3 is 12.4 Å². The lowest BCUT2D eigenvalue weighted by Gasteiger charge is -2.20. The zero-order valence-electron chi connectivity index (χ0n) is 19.6. The first-order chi connectivity index (χ1) is 17.3. The minimum atomic E-state index is -4.91. The highest BCUT2D eigenvalue weighted by atomic mass is 79.9. The van der Waals surface area contributed by atoms with E-state index in [1.54, 1.807) is 0 Å². The Morgan fingerprint density at radius 1 is 1.00 bits per heavy atom. The van der Waals surface area contributed by atoms with E-state index < -0.39 is 64.4 Å². The molecule has 0 saturated heterocycles. The predicted molar refractivity (Wildman–Crippen MR) is 136 cm³/mol. The van der Waals surface area contributed by atoms with Gasteiger partial charge in [-0.05, 0) is 74.7 Å². The van der Waals surface area contributed by atoms with Crippen LogP contribution in [0.15, 0.2) is 51.4 Å².